The van der Waals surface area contributed by atoms with Gasteiger partial charge in [0.1, 0.15) is 6.04 Å². The molecule has 4 N–H and O–H groups in total. The number of benzene rings is 1. The summed E-state index contributed by atoms with van der Waals surface area (Å²) in [5.74, 6) is -1.09. The van der Waals surface area contributed by atoms with Crippen LogP contribution in [0.2, 0.25) is 0 Å². The lowest BCUT2D eigenvalue weighted by Gasteiger charge is -2.14. The fourth-order valence-electron chi connectivity index (χ4n) is 1.68. The minimum atomic E-state index is -1.09. The highest BCUT2D eigenvalue weighted by atomic mass is 16.4. The molecule has 1 unspecified atom stereocenters. The zero-order valence-electron chi connectivity index (χ0n) is 11.3. The van der Waals surface area contributed by atoms with Gasteiger partial charge in [0, 0.05) is 12.2 Å². The Morgan fingerprint density at radius 1 is 1.45 bits per heavy atom. The second-order valence-corrected chi connectivity index (χ2v) is 4.24. The van der Waals surface area contributed by atoms with Gasteiger partial charge in [-0.2, -0.15) is 0 Å². The first-order valence-corrected chi connectivity index (χ1v) is 6.21. The van der Waals surface area contributed by atoms with Crippen LogP contribution in [0.1, 0.15) is 12.0 Å². The average Bonchev–Trinajstić information content (AvgIpc) is 2.38. The smallest absolute Gasteiger partial charge is 0.326 e. The molecule has 0 aliphatic heterocycles. The minimum absolute atomic E-state index is 0.169. The van der Waals surface area contributed by atoms with E-state index >= 15 is 0 Å². The number of aliphatic carboxylic acids is 1. The normalized spacial score (nSPS) is 11.4. The molecule has 2 amide bonds. The maximum atomic E-state index is 11.7. The molecule has 0 bridgehead atoms. The Balaban J connectivity index is 2.63. The lowest BCUT2D eigenvalue weighted by Crippen LogP contribution is -2.42. The summed E-state index contributed by atoms with van der Waals surface area (Å²) in [4.78, 5) is 22.7. The first kappa shape index (κ1) is 15.7. The molecular weight excluding hydrogens is 258 g/mol. The number of anilines is 1. The van der Waals surface area contributed by atoms with Crippen molar-refractivity contribution in [3.63, 3.8) is 0 Å². The number of carboxylic acid groups (broad SMARTS) is 1. The zero-order chi connectivity index (χ0) is 15.0. The Morgan fingerprint density at radius 3 is 2.80 bits per heavy atom. The maximum absolute atomic E-state index is 11.7. The summed E-state index contributed by atoms with van der Waals surface area (Å²) in [7, 11) is 1.83. The molecule has 6 nitrogen and oxygen atoms in total. The van der Waals surface area contributed by atoms with Crippen molar-refractivity contribution in [2.45, 2.75) is 19.0 Å². The number of carbonyl (C=O) groups excluding carboxylic acids is 1. The van der Waals surface area contributed by atoms with Crippen molar-refractivity contribution in [1.29, 1.82) is 0 Å². The lowest BCUT2D eigenvalue weighted by atomic mass is 10.2. The Labute approximate surface area is 117 Å². The van der Waals surface area contributed by atoms with Crippen molar-refractivity contribution in [2.24, 2.45) is 0 Å². The standard InChI is InChI=1S/C14H19N3O3/c1-3-5-12(13(18)19)17-14(20)16-11-7-4-6-10(8-11)9-15-2/h3-4,6-8,12,15H,1,5,9H2,2H3,(H,18,19)(H2,16,17,20). The Morgan fingerprint density at radius 2 is 2.20 bits per heavy atom. The van der Waals surface area contributed by atoms with Gasteiger partial charge in [-0.1, -0.05) is 18.2 Å². The third-order valence-electron chi connectivity index (χ3n) is 2.57. The molecule has 0 saturated heterocycles. The fraction of sp³-hybridized carbons (Fsp3) is 0.286. The number of nitrogens with one attached hydrogen (secondary N) is 3. The van der Waals surface area contributed by atoms with Crippen LogP contribution < -0.4 is 16.0 Å². The van der Waals surface area contributed by atoms with Crippen molar-refractivity contribution in [1.82, 2.24) is 10.6 Å². The van der Waals surface area contributed by atoms with Crippen LogP contribution in [0, 0.1) is 0 Å². The molecule has 0 aliphatic carbocycles. The van der Waals surface area contributed by atoms with Crippen LogP contribution in [0.4, 0.5) is 10.5 Å². The summed E-state index contributed by atoms with van der Waals surface area (Å²) in [5.41, 5.74) is 1.63. The topological polar surface area (TPSA) is 90.5 Å². The van der Waals surface area contributed by atoms with Crippen LogP contribution >= 0.6 is 0 Å². The maximum Gasteiger partial charge on any atom is 0.326 e. The number of rotatable bonds is 7. The van der Waals surface area contributed by atoms with E-state index in [4.69, 9.17) is 5.11 Å². The van der Waals surface area contributed by atoms with Crippen LogP contribution in [0.3, 0.4) is 0 Å². The van der Waals surface area contributed by atoms with E-state index in [1.807, 2.05) is 25.2 Å². The van der Waals surface area contributed by atoms with Crippen molar-refractivity contribution < 1.29 is 14.7 Å². The van der Waals surface area contributed by atoms with E-state index in [9.17, 15) is 9.59 Å². The third-order valence-corrected chi connectivity index (χ3v) is 2.57. The summed E-state index contributed by atoms with van der Waals surface area (Å²) >= 11 is 0. The molecular formula is C14H19N3O3. The number of urea groups is 1. The molecule has 0 radical (unpaired) electrons. The van der Waals surface area contributed by atoms with Gasteiger partial charge in [-0.15, -0.1) is 6.58 Å². The SMILES string of the molecule is C=CCC(NC(=O)Nc1cccc(CNC)c1)C(=O)O. The Bertz CT molecular complexity index is 488. The molecule has 0 saturated carbocycles. The second kappa shape index (κ2) is 7.96. The lowest BCUT2D eigenvalue weighted by molar-refractivity contribution is -0.139. The van der Waals surface area contributed by atoms with Gasteiger partial charge in [-0.05, 0) is 31.2 Å². The van der Waals surface area contributed by atoms with E-state index in [1.165, 1.54) is 6.08 Å². The molecule has 0 spiro atoms. The van der Waals surface area contributed by atoms with Gasteiger partial charge in [0.2, 0.25) is 0 Å². The summed E-state index contributed by atoms with van der Waals surface area (Å²) < 4.78 is 0. The first-order chi connectivity index (χ1) is 9.56. The molecule has 0 aliphatic rings. The Hall–Kier alpha value is -2.34. The minimum Gasteiger partial charge on any atom is -0.480 e. The molecule has 1 atom stereocenters. The van der Waals surface area contributed by atoms with Gasteiger partial charge in [0.15, 0.2) is 0 Å². The molecule has 0 fully saturated rings. The predicted molar refractivity (Wildman–Crippen MR) is 77.6 cm³/mol. The third kappa shape index (κ3) is 5.11. The number of amides is 2. The quantitative estimate of drug-likeness (QED) is 0.569. The summed E-state index contributed by atoms with van der Waals surface area (Å²) in [6.07, 6.45) is 1.62. The molecule has 1 rings (SSSR count). The van der Waals surface area contributed by atoms with Crippen molar-refractivity contribution >= 4 is 17.7 Å². The summed E-state index contributed by atoms with van der Waals surface area (Å²) in [5, 5.41) is 16.9. The van der Waals surface area contributed by atoms with Gasteiger partial charge in [0.25, 0.3) is 0 Å². The summed E-state index contributed by atoms with van der Waals surface area (Å²) in [6, 6.07) is 5.77. The Kier molecular flexibility index (Phi) is 6.25. The number of carboxylic acids is 1. The van der Waals surface area contributed by atoms with E-state index in [2.05, 4.69) is 22.5 Å². The number of hydrogen-bond acceptors (Lipinski definition) is 3. The highest BCUT2D eigenvalue weighted by Crippen LogP contribution is 2.10. The van der Waals surface area contributed by atoms with Crippen LogP contribution in [-0.4, -0.2) is 30.2 Å². The van der Waals surface area contributed by atoms with Gasteiger partial charge < -0.3 is 21.1 Å². The van der Waals surface area contributed by atoms with Gasteiger partial charge in [-0.25, -0.2) is 9.59 Å². The molecule has 6 heteroatoms. The van der Waals surface area contributed by atoms with Crippen LogP contribution in [0.5, 0.6) is 0 Å². The molecule has 0 aromatic heterocycles. The molecule has 1 aromatic carbocycles. The predicted octanol–water partition coefficient (Wildman–Crippen LogP) is 1.56. The van der Waals surface area contributed by atoms with Crippen LogP contribution in [0.15, 0.2) is 36.9 Å². The average molecular weight is 277 g/mol. The van der Waals surface area contributed by atoms with E-state index < -0.39 is 18.0 Å². The van der Waals surface area contributed by atoms with Crippen molar-refractivity contribution in [3.05, 3.63) is 42.5 Å². The van der Waals surface area contributed by atoms with Crippen LogP contribution in [-0.2, 0) is 11.3 Å². The molecule has 108 valence electrons. The van der Waals surface area contributed by atoms with Crippen molar-refractivity contribution in [3.8, 4) is 0 Å². The zero-order valence-corrected chi connectivity index (χ0v) is 11.3. The van der Waals surface area contributed by atoms with E-state index in [0.29, 0.717) is 12.2 Å². The molecule has 0 heterocycles. The molecule has 20 heavy (non-hydrogen) atoms. The number of hydrogen-bond donors (Lipinski definition) is 4. The second-order valence-electron chi connectivity index (χ2n) is 4.24. The summed E-state index contributed by atoms with van der Waals surface area (Å²) in [6.45, 7) is 4.15. The first-order valence-electron chi connectivity index (χ1n) is 6.21. The fourth-order valence-corrected chi connectivity index (χ4v) is 1.68. The van der Waals surface area contributed by atoms with Gasteiger partial charge in [-0.3, -0.25) is 0 Å². The number of carbonyl (C=O) groups is 2. The van der Waals surface area contributed by atoms with E-state index in [1.54, 1.807) is 6.07 Å². The van der Waals surface area contributed by atoms with Gasteiger partial charge in [0.05, 0.1) is 0 Å². The van der Waals surface area contributed by atoms with E-state index in [-0.39, 0.29) is 6.42 Å². The monoisotopic (exact) mass is 277 g/mol. The molecule has 1 aromatic rings. The highest BCUT2D eigenvalue weighted by molar-refractivity contribution is 5.92. The van der Waals surface area contributed by atoms with Crippen LogP contribution in [0.25, 0.3) is 0 Å². The van der Waals surface area contributed by atoms with Crippen molar-refractivity contribution in [2.75, 3.05) is 12.4 Å². The van der Waals surface area contributed by atoms with Gasteiger partial charge >= 0.3 is 12.0 Å². The van der Waals surface area contributed by atoms with E-state index in [0.717, 1.165) is 5.56 Å². The largest absolute Gasteiger partial charge is 0.480 e. The highest BCUT2D eigenvalue weighted by Gasteiger charge is 2.18.